The van der Waals surface area contributed by atoms with Crippen LogP contribution in [0.4, 0.5) is 4.39 Å². The van der Waals surface area contributed by atoms with E-state index in [1.807, 2.05) is 0 Å². The second-order valence-corrected chi connectivity index (χ2v) is 7.07. The van der Waals surface area contributed by atoms with Gasteiger partial charge in [-0.15, -0.1) is 0 Å². The zero-order valence-electron chi connectivity index (χ0n) is 16.9. The molecule has 2 heterocycles. The fourth-order valence-electron chi connectivity index (χ4n) is 3.31. The van der Waals surface area contributed by atoms with Gasteiger partial charge in [0.2, 0.25) is 5.89 Å². The zero-order chi connectivity index (χ0) is 21.8. The van der Waals surface area contributed by atoms with Crippen LogP contribution in [0.3, 0.4) is 0 Å². The largest absolute Gasteiger partial charge is 0.449 e. The van der Waals surface area contributed by atoms with E-state index in [0.29, 0.717) is 43.2 Å². The third kappa shape index (κ3) is 4.64. The van der Waals surface area contributed by atoms with Crippen LogP contribution in [0.5, 0.6) is 0 Å². The lowest BCUT2D eigenvalue weighted by Crippen LogP contribution is -2.46. The predicted molar refractivity (Wildman–Crippen MR) is 110 cm³/mol. The van der Waals surface area contributed by atoms with Crippen molar-refractivity contribution in [3.8, 4) is 22.8 Å². The number of benzene rings is 2. The Labute approximate surface area is 178 Å². The molecule has 1 aliphatic rings. The molecule has 0 N–H and O–H groups in total. The van der Waals surface area contributed by atoms with Crippen molar-refractivity contribution in [3.63, 3.8) is 0 Å². The molecule has 2 aromatic carbocycles. The van der Waals surface area contributed by atoms with Crippen molar-refractivity contribution in [1.82, 2.24) is 9.88 Å². The third-order valence-electron chi connectivity index (χ3n) is 4.97. The summed E-state index contributed by atoms with van der Waals surface area (Å²) in [5.41, 5.74) is 1.33. The minimum absolute atomic E-state index is 0.221. The molecule has 8 heteroatoms. The first-order valence-electron chi connectivity index (χ1n) is 9.91. The summed E-state index contributed by atoms with van der Waals surface area (Å²) in [6.45, 7) is 3.43. The normalized spacial score (nSPS) is 14.8. The minimum atomic E-state index is -0.932. The number of aromatic nitrogens is 1. The molecular weight excluding hydrogens is 403 g/mol. The third-order valence-corrected chi connectivity index (χ3v) is 4.97. The van der Waals surface area contributed by atoms with Gasteiger partial charge in [-0.25, -0.2) is 14.2 Å². The first-order valence-corrected chi connectivity index (χ1v) is 9.91. The van der Waals surface area contributed by atoms with E-state index in [0.717, 1.165) is 0 Å². The van der Waals surface area contributed by atoms with Crippen molar-refractivity contribution in [2.75, 3.05) is 26.3 Å². The van der Waals surface area contributed by atoms with Crippen LogP contribution in [0.1, 0.15) is 17.3 Å². The first-order chi connectivity index (χ1) is 15.0. The summed E-state index contributed by atoms with van der Waals surface area (Å²) < 4.78 is 29.7. The number of morpholine rings is 1. The number of hydrogen-bond acceptors (Lipinski definition) is 6. The molecule has 0 saturated carbocycles. The highest BCUT2D eigenvalue weighted by Gasteiger charge is 2.27. The van der Waals surface area contributed by atoms with E-state index >= 15 is 0 Å². The molecule has 0 aliphatic carbocycles. The number of halogens is 1. The van der Waals surface area contributed by atoms with E-state index in [9.17, 15) is 14.0 Å². The van der Waals surface area contributed by atoms with Gasteiger partial charge in [-0.3, -0.25) is 4.79 Å². The number of hydrogen-bond donors (Lipinski definition) is 0. The number of nitrogens with zero attached hydrogens (tertiary/aromatic N) is 2. The van der Waals surface area contributed by atoms with Crippen LogP contribution in [-0.2, 0) is 14.3 Å². The maximum Gasteiger partial charge on any atom is 0.339 e. The zero-order valence-corrected chi connectivity index (χ0v) is 16.9. The smallest absolute Gasteiger partial charge is 0.339 e. The average molecular weight is 424 g/mol. The van der Waals surface area contributed by atoms with Crippen molar-refractivity contribution < 1.29 is 27.9 Å². The van der Waals surface area contributed by atoms with E-state index in [4.69, 9.17) is 13.9 Å². The fourth-order valence-corrected chi connectivity index (χ4v) is 3.31. The van der Waals surface area contributed by atoms with Crippen molar-refractivity contribution in [1.29, 1.82) is 0 Å². The SMILES string of the molecule is C[C@@H](OC(=O)c1ccccc1-c1ncc(-c2ccc(F)cc2)o1)C(=O)N1CCOCC1. The first kappa shape index (κ1) is 20.7. The number of ether oxygens (including phenoxy) is 2. The molecule has 0 unspecified atom stereocenters. The Bertz CT molecular complexity index is 1070. The van der Waals surface area contributed by atoms with Crippen LogP contribution in [0.25, 0.3) is 22.8 Å². The van der Waals surface area contributed by atoms with Crippen LogP contribution in [-0.4, -0.2) is 54.2 Å². The van der Waals surface area contributed by atoms with Gasteiger partial charge >= 0.3 is 5.97 Å². The van der Waals surface area contributed by atoms with Gasteiger partial charge in [0.05, 0.1) is 30.5 Å². The van der Waals surface area contributed by atoms with E-state index in [2.05, 4.69) is 4.98 Å². The molecule has 1 atom stereocenters. The quantitative estimate of drug-likeness (QED) is 0.583. The average Bonchev–Trinajstić information content (AvgIpc) is 3.29. The molecule has 1 aliphatic heterocycles. The number of rotatable bonds is 5. The topological polar surface area (TPSA) is 81.9 Å². The Morgan fingerprint density at radius 1 is 1.10 bits per heavy atom. The van der Waals surface area contributed by atoms with Crippen molar-refractivity contribution in [2.24, 2.45) is 0 Å². The molecule has 7 nitrogen and oxygen atoms in total. The minimum Gasteiger partial charge on any atom is -0.449 e. The molecule has 3 aromatic rings. The summed E-state index contributed by atoms with van der Waals surface area (Å²) in [7, 11) is 0. The molecule has 0 spiro atoms. The summed E-state index contributed by atoms with van der Waals surface area (Å²) in [6.07, 6.45) is 0.577. The number of carbonyl (C=O) groups is 2. The van der Waals surface area contributed by atoms with Gasteiger partial charge in [-0.2, -0.15) is 0 Å². The fraction of sp³-hybridized carbons (Fsp3) is 0.261. The van der Waals surface area contributed by atoms with E-state index in [1.54, 1.807) is 48.2 Å². The van der Waals surface area contributed by atoms with Gasteiger partial charge < -0.3 is 18.8 Å². The molecule has 31 heavy (non-hydrogen) atoms. The van der Waals surface area contributed by atoms with Crippen LogP contribution < -0.4 is 0 Å². The monoisotopic (exact) mass is 424 g/mol. The Morgan fingerprint density at radius 3 is 2.55 bits per heavy atom. The summed E-state index contributed by atoms with van der Waals surface area (Å²) in [4.78, 5) is 31.2. The van der Waals surface area contributed by atoms with Gasteiger partial charge in [-0.05, 0) is 43.3 Å². The van der Waals surface area contributed by atoms with Gasteiger partial charge in [0.15, 0.2) is 11.9 Å². The van der Waals surface area contributed by atoms with Crippen LogP contribution >= 0.6 is 0 Å². The number of amides is 1. The highest BCUT2D eigenvalue weighted by atomic mass is 19.1. The highest BCUT2D eigenvalue weighted by molar-refractivity contribution is 5.97. The maximum absolute atomic E-state index is 13.2. The lowest BCUT2D eigenvalue weighted by Gasteiger charge is -2.29. The molecule has 0 radical (unpaired) electrons. The van der Waals surface area contributed by atoms with Crippen molar-refractivity contribution in [3.05, 3.63) is 66.1 Å². The van der Waals surface area contributed by atoms with Crippen molar-refractivity contribution >= 4 is 11.9 Å². The lowest BCUT2D eigenvalue weighted by atomic mass is 10.1. The molecular formula is C23H21FN2O5. The Balaban J connectivity index is 1.52. The Morgan fingerprint density at radius 2 is 1.81 bits per heavy atom. The van der Waals surface area contributed by atoms with Crippen LogP contribution in [0, 0.1) is 5.82 Å². The standard InChI is InChI=1S/C23H21FN2O5/c1-15(22(27)26-10-12-29-13-11-26)30-23(28)19-5-3-2-4-18(19)21-25-14-20(31-21)16-6-8-17(24)9-7-16/h2-9,14-15H,10-13H2,1H3/t15-/m1/s1. The molecule has 1 fully saturated rings. The second-order valence-electron chi connectivity index (χ2n) is 7.07. The summed E-state index contributed by atoms with van der Waals surface area (Å²) in [5, 5.41) is 0. The maximum atomic E-state index is 13.2. The van der Waals surface area contributed by atoms with Crippen LogP contribution in [0.2, 0.25) is 0 Å². The molecule has 0 bridgehead atoms. The van der Waals surface area contributed by atoms with E-state index in [1.165, 1.54) is 18.3 Å². The Kier molecular flexibility index (Phi) is 6.08. The molecule has 4 rings (SSSR count). The molecule has 1 saturated heterocycles. The van der Waals surface area contributed by atoms with Crippen LogP contribution in [0.15, 0.2) is 59.1 Å². The van der Waals surface area contributed by atoms with Gasteiger partial charge in [-0.1, -0.05) is 12.1 Å². The Hall–Kier alpha value is -3.52. The van der Waals surface area contributed by atoms with E-state index < -0.39 is 12.1 Å². The number of carbonyl (C=O) groups excluding carboxylic acids is 2. The number of oxazole rings is 1. The highest BCUT2D eigenvalue weighted by Crippen LogP contribution is 2.29. The predicted octanol–water partition coefficient (Wildman–Crippen LogP) is 3.55. The number of esters is 1. The van der Waals surface area contributed by atoms with Gasteiger partial charge in [0.1, 0.15) is 5.82 Å². The molecule has 160 valence electrons. The van der Waals surface area contributed by atoms with Gasteiger partial charge in [0, 0.05) is 18.7 Å². The summed E-state index contributed by atoms with van der Waals surface area (Å²) in [6, 6.07) is 12.5. The van der Waals surface area contributed by atoms with Crippen molar-refractivity contribution in [2.45, 2.75) is 13.0 Å². The second kappa shape index (κ2) is 9.09. The summed E-state index contributed by atoms with van der Waals surface area (Å²) in [5.74, 6) is -0.597. The molecule has 1 aromatic heterocycles. The lowest BCUT2D eigenvalue weighted by molar-refractivity contribution is -0.143. The summed E-state index contributed by atoms with van der Waals surface area (Å²) >= 11 is 0. The van der Waals surface area contributed by atoms with E-state index in [-0.39, 0.29) is 23.2 Å². The molecule has 1 amide bonds. The van der Waals surface area contributed by atoms with Gasteiger partial charge in [0.25, 0.3) is 5.91 Å².